The molecule has 0 bridgehead atoms. The van der Waals surface area contributed by atoms with Crippen LogP contribution in [0.1, 0.15) is 58.2 Å². The number of thiophene rings is 1. The zero-order valence-electron chi connectivity index (χ0n) is 16.4. The van der Waals surface area contributed by atoms with E-state index >= 15 is 0 Å². The molecule has 3 atom stereocenters. The van der Waals surface area contributed by atoms with Gasteiger partial charge in [0.15, 0.2) is 0 Å². The van der Waals surface area contributed by atoms with Crippen molar-refractivity contribution in [3.63, 3.8) is 0 Å². The summed E-state index contributed by atoms with van der Waals surface area (Å²) in [6.07, 6.45) is 3.88. The Balaban J connectivity index is 0.00000181. The van der Waals surface area contributed by atoms with Crippen LogP contribution in [0.2, 0.25) is 0 Å². The number of hydrogen-bond acceptors (Lipinski definition) is 3. The van der Waals surface area contributed by atoms with Gasteiger partial charge in [0.1, 0.15) is 0 Å². The second kappa shape index (κ2) is 7.24. The van der Waals surface area contributed by atoms with E-state index in [4.69, 9.17) is 0 Å². The molecule has 0 spiro atoms. The Morgan fingerprint density at radius 1 is 0.966 bits per heavy atom. The molecule has 2 aliphatic heterocycles. The van der Waals surface area contributed by atoms with Crippen LogP contribution in [0, 0.1) is 0 Å². The fraction of sp³-hybridized carbons (Fsp3) is 0.360. The number of halogens is 1. The third-order valence-corrected chi connectivity index (χ3v) is 7.98. The summed E-state index contributed by atoms with van der Waals surface area (Å²) in [6, 6.07) is 18.4. The molecule has 1 aromatic heterocycles. The lowest BCUT2D eigenvalue weighted by Crippen LogP contribution is -2.48. The lowest BCUT2D eigenvalue weighted by molar-refractivity contribution is -0.0569. The van der Waals surface area contributed by atoms with Crippen molar-refractivity contribution in [2.24, 2.45) is 0 Å². The van der Waals surface area contributed by atoms with Crippen molar-refractivity contribution < 1.29 is 5.11 Å². The van der Waals surface area contributed by atoms with Gasteiger partial charge in [0.05, 0.1) is 5.60 Å². The fourth-order valence-electron chi connectivity index (χ4n) is 5.87. The molecule has 1 aliphatic carbocycles. The molecule has 1 fully saturated rings. The molecule has 1 N–H and O–H groups in total. The monoisotopic (exact) mass is 423 g/mol. The van der Waals surface area contributed by atoms with E-state index in [1.54, 1.807) is 16.9 Å². The minimum Gasteiger partial charge on any atom is -0.385 e. The molecule has 2 nitrogen and oxygen atoms in total. The first-order valence-corrected chi connectivity index (χ1v) is 11.4. The summed E-state index contributed by atoms with van der Waals surface area (Å²) in [5, 5.41) is 15.7. The highest BCUT2D eigenvalue weighted by Crippen LogP contribution is 2.50. The van der Waals surface area contributed by atoms with Crippen molar-refractivity contribution in [1.82, 2.24) is 4.90 Å². The number of benzene rings is 2. The second-order valence-electron chi connectivity index (χ2n) is 8.68. The van der Waals surface area contributed by atoms with Crippen LogP contribution in [0.3, 0.4) is 0 Å². The van der Waals surface area contributed by atoms with Crippen LogP contribution in [0.25, 0.3) is 0 Å². The SMILES string of the molecule is Cl.O[C@]1(c2ccsc2)CCN2C[C@@H]3c4ccccc4CCc4cccc(c43)[C@H]2C1. The molecule has 1 saturated heterocycles. The fourth-order valence-corrected chi connectivity index (χ4v) is 6.62. The molecule has 0 saturated carbocycles. The van der Waals surface area contributed by atoms with Crippen LogP contribution in [-0.2, 0) is 18.4 Å². The molecule has 0 amide bonds. The quantitative estimate of drug-likeness (QED) is 0.563. The third kappa shape index (κ3) is 2.98. The van der Waals surface area contributed by atoms with Gasteiger partial charge in [-0.2, -0.15) is 11.3 Å². The van der Waals surface area contributed by atoms with Crippen molar-refractivity contribution in [3.05, 3.63) is 92.7 Å². The molecule has 0 radical (unpaired) electrons. The molecule has 0 unspecified atom stereocenters. The lowest BCUT2D eigenvalue weighted by Gasteiger charge is -2.49. The van der Waals surface area contributed by atoms with Gasteiger partial charge in [-0.05, 0) is 69.5 Å². The van der Waals surface area contributed by atoms with Crippen molar-refractivity contribution in [1.29, 1.82) is 0 Å². The number of hydrogen-bond donors (Lipinski definition) is 1. The highest BCUT2D eigenvalue weighted by Gasteiger charge is 2.45. The van der Waals surface area contributed by atoms with E-state index in [9.17, 15) is 5.11 Å². The van der Waals surface area contributed by atoms with E-state index < -0.39 is 5.60 Å². The molecule has 3 aliphatic rings. The number of rotatable bonds is 1. The number of piperidine rings is 1. The Morgan fingerprint density at radius 3 is 2.62 bits per heavy atom. The Morgan fingerprint density at radius 2 is 1.76 bits per heavy atom. The van der Waals surface area contributed by atoms with Crippen molar-refractivity contribution >= 4 is 23.7 Å². The van der Waals surface area contributed by atoms with Crippen molar-refractivity contribution in [3.8, 4) is 0 Å². The van der Waals surface area contributed by atoms with Gasteiger partial charge in [-0.1, -0.05) is 42.5 Å². The molecular formula is C25H26ClNOS. The first kappa shape index (κ1) is 19.3. The van der Waals surface area contributed by atoms with E-state index in [0.29, 0.717) is 12.0 Å². The van der Waals surface area contributed by atoms with Gasteiger partial charge in [0.25, 0.3) is 0 Å². The molecular weight excluding hydrogens is 398 g/mol. The number of fused-ring (bicyclic) bond motifs is 4. The molecule has 3 heterocycles. The van der Waals surface area contributed by atoms with E-state index in [1.165, 1.54) is 22.3 Å². The minimum absolute atomic E-state index is 0. The summed E-state index contributed by atoms with van der Waals surface area (Å²) in [4.78, 5) is 2.64. The molecule has 3 aromatic rings. The molecule has 4 heteroatoms. The first-order valence-electron chi connectivity index (χ1n) is 10.4. The van der Waals surface area contributed by atoms with E-state index in [-0.39, 0.29) is 12.4 Å². The first-order chi connectivity index (χ1) is 13.7. The maximum atomic E-state index is 11.5. The largest absolute Gasteiger partial charge is 0.385 e. The van der Waals surface area contributed by atoms with Crippen molar-refractivity contribution in [2.45, 2.75) is 43.2 Å². The van der Waals surface area contributed by atoms with Gasteiger partial charge < -0.3 is 5.11 Å². The Labute approximate surface area is 182 Å². The summed E-state index contributed by atoms with van der Waals surface area (Å²) in [7, 11) is 0. The van der Waals surface area contributed by atoms with Gasteiger partial charge in [-0.3, -0.25) is 4.90 Å². The van der Waals surface area contributed by atoms with Gasteiger partial charge in [0, 0.05) is 31.5 Å². The standard InChI is InChI=1S/C25H25NOS.ClH/c27-25(19-10-13-28-16-19)11-12-26-15-22-20-6-2-1-4-17(20)8-9-18-5-3-7-21(24(18)22)23(26)14-25;/h1-7,10,13,16,22-23,27H,8-9,11-12,14-15H2;1H/t22-,23-,25-;/m1./s1. The number of aliphatic hydroxyl groups is 1. The number of nitrogens with zero attached hydrogens (tertiary/aromatic N) is 1. The topological polar surface area (TPSA) is 23.5 Å². The highest BCUT2D eigenvalue weighted by atomic mass is 35.5. The average Bonchev–Trinajstić information content (AvgIpc) is 3.23. The summed E-state index contributed by atoms with van der Waals surface area (Å²) < 4.78 is 0. The summed E-state index contributed by atoms with van der Waals surface area (Å²) in [6.45, 7) is 2.03. The van der Waals surface area contributed by atoms with Crippen LogP contribution in [0.5, 0.6) is 0 Å². The lowest BCUT2D eigenvalue weighted by atomic mass is 9.72. The molecule has 6 rings (SSSR count). The Bertz CT molecular complexity index is 1030. The zero-order chi connectivity index (χ0) is 18.7. The Hall–Kier alpha value is -1.65. The predicted octanol–water partition coefficient (Wildman–Crippen LogP) is 5.44. The van der Waals surface area contributed by atoms with Crippen molar-refractivity contribution in [2.75, 3.05) is 13.1 Å². The average molecular weight is 424 g/mol. The number of aryl methyl sites for hydroxylation is 2. The van der Waals surface area contributed by atoms with E-state index in [1.807, 2.05) is 0 Å². The minimum atomic E-state index is -0.695. The van der Waals surface area contributed by atoms with E-state index in [0.717, 1.165) is 44.3 Å². The van der Waals surface area contributed by atoms with Gasteiger partial charge in [-0.25, -0.2) is 0 Å². The normalized spacial score (nSPS) is 27.8. The van der Waals surface area contributed by atoms with Crippen LogP contribution < -0.4 is 0 Å². The maximum absolute atomic E-state index is 11.5. The van der Waals surface area contributed by atoms with E-state index in [2.05, 4.69) is 64.2 Å². The van der Waals surface area contributed by atoms with Crippen LogP contribution in [-0.4, -0.2) is 23.1 Å². The molecule has 2 aromatic carbocycles. The highest BCUT2D eigenvalue weighted by molar-refractivity contribution is 7.08. The second-order valence-corrected chi connectivity index (χ2v) is 9.46. The summed E-state index contributed by atoms with van der Waals surface area (Å²) in [5.74, 6) is 0.466. The van der Waals surface area contributed by atoms with Gasteiger partial charge in [-0.15, -0.1) is 12.4 Å². The predicted molar refractivity (Wildman–Crippen MR) is 121 cm³/mol. The maximum Gasteiger partial charge on any atom is 0.0935 e. The van der Waals surface area contributed by atoms with Gasteiger partial charge >= 0.3 is 0 Å². The third-order valence-electron chi connectivity index (χ3n) is 7.29. The Kier molecular flexibility index (Phi) is 4.83. The zero-order valence-corrected chi connectivity index (χ0v) is 18.0. The summed E-state index contributed by atoms with van der Waals surface area (Å²) in [5.41, 5.74) is 7.97. The van der Waals surface area contributed by atoms with Crippen LogP contribution in [0.4, 0.5) is 0 Å². The summed E-state index contributed by atoms with van der Waals surface area (Å²) >= 11 is 1.68. The smallest absolute Gasteiger partial charge is 0.0935 e. The molecule has 29 heavy (non-hydrogen) atoms. The van der Waals surface area contributed by atoms with Gasteiger partial charge in [0.2, 0.25) is 0 Å². The van der Waals surface area contributed by atoms with Crippen LogP contribution in [0.15, 0.2) is 59.3 Å². The molecule has 150 valence electrons. The van der Waals surface area contributed by atoms with Crippen LogP contribution >= 0.6 is 23.7 Å².